The molecule has 1 fully saturated rings. The summed E-state index contributed by atoms with van der Waals surface area (Å²) in [6.07, 6.45) is 5.04. The Labute approximate surface area is 105 Å². The molecule has 0 nitrogen and oxygen atoms in total. The van der Waals surface area contributed by atoms with Gasteiger partial charge in [-0.1, -0.05) is 46.6 Å². The normalized spacial score (nSPS) is 30.7. The van der Waals surface area contributed by atoms with Crippen molar-refractivity contribution >= 4 is 27.5 Å². The fourth-order valence-electron chi connectivity index (χ4n) is 2.54. The summed E-state index contributed by atoms with van der Waals surface area (Å²) in [5.74, 6) is 0. The molecule has 1 aliphatic carbocycles. The molecule has 15 heavy (non-hydrogen) atoms. The Morgan fingerprint density at radius 3 is 2.93 bits per heavy atom. The van der Waals surface area contributed by atoms with Gasteiger partial charge >= 0.3 is 0 Å². The third-order valence-electron chi connectivity index (χ3n) is 3.30. The molecule has 82 valence electrons. The molecule has 0 spiro atoms. The van der Waals surface area contributed by atoms with Gasteiger partial charge in [0.05, 0.1) is 0 Å². The highest BCUT2D eigenvalue weighted by molar-refractivity contribution is 9.09. The number of rotatable bonds is 2. The maximum atomic E-state index is 6.00. The van der Waals surface area contributed by atoms with E-state index in [0.717, 1.165) is 11.4 Å². The summed E-state index contributed by atoms with van der Waals surface area (Å²) in [7, 11) is 0. The van der Waals surface area contributed by atoms with Gasteiger partial charge in [-0.3, -0.25) is 0 Å². The lowest BCUT2D eigenvalue weighted by molar-refractivity contribution is 0.336. The molecule has 0 radical (unpaired) electrons. The van der Waals surface area contributed by atoms with E-state index in [1.54, 1.807) is 0 Å². The first-order valence-electron chi connectivity index (χ1n) is 5.46. The minimum atomic E-state index is 0.457. The fourth-order valence-corrected chi connectivity index (χ4v) is 3.77. The van der Waals surface area contributed by atoms with Crippen molar-refractivity contribution in [1.29, 1.82) is 0 Å². The monoisotopic (exact) mass is 286 g/mol. The first kappa shape index (κ1) is 11.5. The molecule has 2 heteroatoms. The van der Waals surface area contributed by atoms with Crippen LogP contribution in [0.2, 0.25) is 5.02 Å². The second-order valence-corrected chi connectivity index (χ2v) is 6.69. The number of hydrogen-bond acceptors (Lipinski definition) is 0. The largest absolute Gasteiger partial charge is 0.0890 e. The van der Waals surface area contributed by atoms with E-state index in [2.05, 4.69) is 35.0 Å². The lowest BCUT2D eigenvalue weighted by Crippen LogP contribution is -2.15. The fraction of sp³-hybridized carbons (Fsp3) is 0.538. The Hall–Kier alpha value is -0.0100. The van der Waals surface area contributed by atoms with Crippen LogP contribution in [-0.2, 0) is 6.42 Å². The molecule has 0 saturated heterocycles. The molecule has 1 aliphatic rings. The van der Waals surface area contributed by atoms with Gasteiger partial charge in [0.25, 0.3) is 0 Å². The Balaban J connectivity index is 2.08. The van der Waals surface area contributed by atoms with Crippen molar-refractivity contribution in [3.63, 3.8) is 0 Å². The zero-order chi connectivity index (χ0) is 10.9. The molecule has 2 unspecified atom stereocenters. The quantitative estimate of drug-likeness (QED) is 0.683. The highest BCUT2D eigenvalue weighted by atomic mass is 79.9. The van der Waals surface area contributed by atoms with E-state index >= 15 is 0 Å². The highest BCUT2D eigenvalue weighted by Gasteiger charge is 2.33. The van der Waals surface area contributed by atoms with E-state index in [1.807, 2.05) is 12.1 Å². The van der Waals surface area contributed by atoms with Gasteiger partial charge in [0.15, 0.2) is 0 Å². The minimum Gasteiger partial charge on any atom is -0.0890 e. The Morgan fingerprint density at radius 1 is 1.53 bits per heavy atom. The van der Waals surface area contributed by atoms with Crippen LogP contribution in [0, 0.1) is 5.41 Å². The maximum Gasteiger partial charge on any atom is 0.0408 e. The van der Waals surface area contributed by atoms with Gasteiger partial charge in [0.2, 0.25) is 0 Å². The summed E-state index contributed by atoms with van der Waals surface area (Å²) in [5.41, 5.74) is 1.82. The molecule has 1 saturated carbocycles. The molecule has 0 aromatic heterocycles. The molecule has 2 rings (SSSR count). The van der Waals surface area contributed by atoms with Crippen molar-refractivity contribution in [1.82, 2.24) is 0 Å². The molecule has 0 heterocycles. The number of alkyl halides is 1. The standard InChI is InChI=1S/C13H16BrCl/c1-13(6-5-11(14)9-13)8-10-3-2-4-12(15)7-10/h2-4,7,11H,5-6,8-9H2,1H3. The predicted molar refractivity (Wildman–Crippen MR) is 69.8 cm³/mol. The number of hydrogen-bond donors (Lipinski definition) is 0. The average Bonchev–Trinajstić information content (AvgIpc) is 2.45. The third kappa shape index (κ3) is 2.98. The molecule has 0 aliphatic heterocycles. The van der Waals surface area contributed by atoms with E-state index in [9.17, 15) is 0 Å². The third-order valence-corrected chi connectivity index (χ3v) is 4.31. The zero-order valence-corrected chi connectivity index (χ0v) is 11.3. The highest BCUT2D eigenvalue weighted by Crippen LogP contribution is 2.43. The summed E-state index contributed by atoms with van der Waals surface area (Å²) in [6, 6.07) is 8.25. The van der Waals surface area contributed by atoms with Crippen LogP contribution < -0.4 is 0 Å². The van der Waals surface area contributed by atoms with Gasteiger partial charge in [-0.25, -0.2) is 0 Å². The average molecular weight is 288 g/mol. The summed E-state index contributed by atoms with van der Waals surface area (Å²) in [4.78, 5) is 0.710. The smallest absolute Gasteiger partial charge is 0.0408 e. The van der Waals surface area contributed by atoms with Gasteiger partial charge in [-0.05, 0) is 48.8 Å². The molecule has 1 aromatic carbocycles. The van der Waals surface area contributed by atoms with Crippen LogP contribution in [0.3, 0.4) is 0 Å². The lowest BCUT2D eigenvalue weighted by Gasteiger charge is -2.23. The summed E-state index contributed by atoms with van der Waals surface area (Å²) >= 11 is 9.71. The van der Waals surface area contributed by atoms with Gasteiger partial charge < -0.3 is 0 Å². The molecule has 0 N–H and O–H groups in total. The van der Waals surface area contributed by atoms with E-state index < -0.39 is 0 Å². The van der Waals surface area contributed by atoms with E-state index in [0.29, 0.717) is 10.2 Å². The van der Waals surface area contributed by atoms with Crippen molar-refractivity contribution in [2.24, 2.45) is 5.41 Å². The van der Waals surface area contributed by atoms with E-state index in [1.165, 1.54) is 24.8 Å². The summed E-state index contributed by atoms with van der Waals surface area (Å²) < 4.78 is 0. The molecule has 0 bridgehead atoms. The topological polar surface area (TPSA) is 0 Å². The summed E-state index contributed by atoms with van der Waals surface area (Å²) in [5, 5.41) is 0.851. The van der Waals surface area contributed by atoms with Crippen LogP contribution in [-0.4, -0.2) is 4.83 Å². The summed E-state index contributed by atoms with van der Waals surface area (Å²) in [6.45, 7) is 2.38. The number of halogens is 2. The van der Waals surface area contributed by atoms with Gasteiger partial charge in [0, 0.05) is 9.85 Å². The van der Waals surface area contributed by atoms with E-state index in [-0.39, 0.29) is 0 Å². The van der Waals surface area contributed by atoms with Crippen LogP contribution in [0.4, 0.5) is 0 Å². The Bertz CT molecular complexity index is 350. The van der Waals surface area contributed by atoms with Crippen LogP contribution in [0.15, 0.2) is 24.3 Å². The molecule has 0 amide bonds. The first-order valence-corrected chi connectivity index (χ1v) is 6.75. The first-order chi connectivity index (χ1) is 7.07. The number of benzene rings is 1. The minimum absolute atomic E-state index is 0.457. The second kappa shape index (κ2) is 4.47. The van der Waals surface area contributed by atoms with Crippen molar-refractivity contribution in [2.75, 3.05) is 0 Å². The van der Waals surface area contributed by atoms with Crippen LogP contribution in [0.25, 0.3) is 0 Å². The van der Waals surface area contributed by atoms with Crippen molar-refractivity contribution in [3.05, 3.63) is 34.9 Å². The lowest BCUT2D eigenvalue weighted by atomic mass is 9.82. The molecule has 1 aromatic rings. The van der Waals surface area contributed by atoms with Crippen molar-refractivity contribution in [3.8, 4) is 0 Å². The Kier molecular flexibility index (Phi) is 3.42. The van der Waals surface area contributed by atoms with Crippen LogP contribution in [0.1, 0.15) is 31.7 Å². The second-order valence-electron chi connectivity index (χ2n) is 4.96. The van der Waals surface area contributed by atoms with Gasteiger partial charge in [-0.15, -0.1) is 0 Å². The van der Waals surface area contributed by atoms with E-state index in [4.69, 9.17) is 11.6 Å². The molecular weight excluding hydrogens is 272 g/mol. The van der Waals surface area contributed by atoms with Gasteiger partial charge in [0.1, 0.15) is 0 Å². The zero-order valence-electron chi connectivity index (χ0n) is 8.97. The Morgan fingerprint density at radius 2 is 2.33 bits per heavy atom. The van der Waals surface area contributed by atoms with Crippen LogP contribution in [0.5, 0.6) is 0 Å². The van der Waals surface area contributed by atoms with Gasteiger partial charge in [-0.2, -0.15) is 0 Å². The molecular formula is C13H16BrCl. The van der Waals surface area contributed by atoms with Crippen LogP contribution >= 0.6 is 27.5 Å². The molecule has 2 atom stereocenters. The van der Waals surface area contributed by atoms with Crippen molar-refractivity contribution < 1.29 is 0 Å². The maximum absolute atomic E-state index is 6.00. The predicted octanol–water partition coefficient (Wildman–Crippen LogP) is 4.84. The van der Waals surface area contributed by atoms with Crippen molar-refractivity contribution in [2.45, 2.75) is 37.4 Å². The SMILES string of the molecule is CC1(Cc2cccc(Cl)c2)CCC(Br)C1.